The molecule has 1 aromatic carbocycles. The minimum absolute atomic E-state index is 0.00663. The smallest absolute Gasteiger partial charge is 0.260 e. The van der Waals surface area contributed by atoms with Gasteiger partial charge in [0.1, 0.15) is 18.4 Å². The molecule has 3 aromatic rings. The number of ether oxygens (including phenoxy) is 1. The van der Waals surface area contributed by atoms with Crippen molar-refractivity contribution < 1.29 is 9.53 Å². The average molecular weight is 379 g/mol. The number of amides is 1. The van der Waals surface area contributed by atoms with Crippen molar-refractivity contribution in [1.82, 2.24) is 29.9 Å². The van der Waals surface area contributed by atoms with Crippen LogP contribution in [0.5, 0.6) is 5.75 Å². The van der Waals surface area contributed by atoms with E-state index in [0.29, 0.717) is 37.7 Å². The second-order valence-electron chi connectivity index (χ2n) is 6.56. The Bertz CT molecular complexity index is 902. The number of benzene rings is 1. The second-order valence-corrected chi connectivity index (χ2v) is 6.56. The van der Waals surface area contributed by atoms with Gasteiger partial charge in [0.2, 0.25) is 0 Å². The van der Waals surface area contributed by atoms with Crippen LogP contribution in [-0.2, 0) is 4.79 Å². The Labute approximate surface area is 162 Å². The number of anilines is 1. The van der Waals surface area contributed by atoms with E-state index >= 15 is 0 Å². The lowest BCUT2D eigenvalue weighted by atomic mass is 10.2. The molecule has 0 N–H and O–H groups in total. The largest absolute Gasteiger partial charge is 0.484 e. The van der Waals surface area contributed by atoms with Crippen molar-refractivity contribution in [1.29, 1.82) is 0 Å². The van der Waals surface area contributed by atoms with E-state index in [1.807, 2.05) is 48.2 Å². The molecule has 0 radical (unpaired) electrons. The standard InChI is InChI=1S/C19H21N7O2/c1-15-2-4-16(5-3-15)28-12-19(27)25-10-8-24(9-11-25)17-6-7-18(23-22-17)26-14-20-13-21-26/h2-7,13-14H,8-12H2,1H3. The van der Waals surface area contributed by atoms with Crippen molar-refractivity contribution in [3.63, 3.8) is 0 Å². The number of nitrogens with zero attached hydrogens (tertiary/aromatic N) is 7. The van der Waals surface area contributed by atoms with Crippen LogP contribution < -0.4 is 9.64 Å². The number of carbonyl (C=O) groups is 1. The highest BCUT2D eigenvalue weighted by Gasteiger charge is 2.22. The van der Waals surface area contributed by atoms with Gasteiger partial charge in [0.25, 0.3) is 5.91 Å². The third-order valence-corrected chi connectivity index (χ3v) is 4.63. The van der Waals surface area contributed by atoms with Crippen molar-refractivity contribution in [2.45, 2.75) is 6.92 Å². The summed E-state index contributed by atoms with van der Waals surface area (Å²) >= 11 is 0. The number of aromatic nitrogens is 5. The average Bonchev–Trinajstić information content (AvgIpc) is 3.28. The minimum Gasteiger partial charge on any atom is -0.484 e. The molecular weight excluding hydrogens is 358 g/mol. The summed E-state index contributed by atoms with van der Waals surface area (Å²) in [5, 5.41) is 12.5. The first-order valence-electron chi connectivity index (χ1n) is 9.10. The number of hydrogen-bond donors (Lipinski definition) is 0. The number of rotatable bonds is 5. The quantitative estimate of drug-likeness (QED) is 0.656. The fourth-order valence-corrected chi connectivity index (χ4v) is 2.99. The van der Waals surface area contributed by atoms with Crippen LogP contribution in [0.15, 0.2) is 49.1 Å². The lowest BCUT2D eigenvalue weighted by Crippen LogP contribution is -2.50. The van der Waals surface area contributed by atoms with Gasteiger partial charge in [-0.15, -0.1) is 10.2 Å². The molecule has 4 rings (SSSR count). The second kappa shape index (κ2) is 8.03. The summed E-state index contributed by atoms with van der Waals surface area (Å²) in [5.41, 5.74) is 1.16. The maximum atomic E-state index is 12.4. The van der Waals surface area contributed by atoms with E-state index < -0.39 is 0 Å². The predicted molar refractivity (Wildman–Crippen MR) is 102 cm³/mol. The molecule has 0 saturated carbocycles. The number of aryl methyl sites for hydroxylation is 1. The Morgan fingerprint density at radius 1 is 1.00 bits per heavy atom. The van der Waals surface area contributed by atoms with E-state index in [4.69, 9.17) is 4.74 Å². The van der Waals surface area contributed by atoms with Crippen molar-refractivity contribution in [3.8, 4) is 11.6 Å². The monoisotopic (exact) mass is 379 g/mol. The molecule has 0 unspecified atom stereocenters. The SMILES string of the molecule is Cc1ccc(OCC(=O)N2CCN(c3ccc(-n4cncn4)nn3)CC2)cc1. The van der Waals surface area contributed by atoms with Gasteiger partial charge in [-0.3, -0.25) is 4.79 Å². The molecule has 0 spiro atoms. The Morgan fingerprint density at radius 2 is 1.71 bits per heavy atom. The van der Waals surface area contributed by atoms with Gasteiger partial charge in [0.05, 0.1) is 0 Å². The lowest BCUT2D eigenvalue weighted by Gasteiger charge is -2.35. The Balaban J connectivity index is 1.28. The Kier molecular flexibility index (Phi) is 5.14. The van der Waals surface area contributed by atoms with Crippen molar-refractivity contribution in [3.05, 3.63) is 54.6 Å². The molecule has 1 fully saturated rings. The summed E-state index contributed by atoms with van der Waals surface area (Å²) in [4.78, 5) is 20.2. The first-order chi connectivity index (χ1) is 13.7. The van der Waals surface area contributed by atoms with Crippen LogP contribution in [0.1, 0.15) is 5.56 Å². The molecule has 0 bridgehead atoms. The predicted octanol–water partition coefficient (Wildman–Crippen LogP) is 1.09. The molecule has 3 heterocycles. The maximum absolute atomic E-state index is 12.4. The highest BCUT2D eigenvalue weighted by molar-refractivity contribution is 5.78. The molecule has 1 aliphatic heterocycles. The fraction of sp³-hybridized carbons (Fsp3) is 0.316. The summed E-state index contributed by atoms with van der Waals surface area (Å²) in [5.74, 6) is 2.10. The normalized spacial score (nSPS) is 14.2. The Hall–Kier alpha value is -3.49. The molecule has 1 saturated heterocycles. The fourth-order valence-electron chi connectivity index (χ4n) is 2.99. The van der Waals surface area contributed by atoms with Gasteiger partial charge in [-0.2, -0.15) is 5.10 Å². The van der Waals surface area contributed by atoms with E-state index in [2.05, 4.69) is 25.2 Å². The molecule has 2 aromatic heterocycles. The van der Waals surface area contributed by atoms with E-state index in [0.717, 1.165) is 11.4 Å². The van der Waals surface area contributed by atoms with Crippen molar-refractivity contribution >= 4 is 11.7 Å². The summed E-state index contributed by atoms with van der Waals surface area (Å²) < 4.78 is 7.15. The van der Waals surface area contributed by atoms with Crippen LogP contribution in [0.25, 0.3) is 5.82 Å². The van der Waals surface area contributed by atoms with Crippen molar-refractivity contribution in [2.24, 2.45) is 0 Å². The molecule has 28 heavy (non-hydrogen) atoms. The summed E-state index contributed by atoms with van der Waals surface area (Å²) in [6.07, 6.45) is 3.03. The summed E-state index contributed by atoms with van der Waals surface area (Å²) in [6.45, 7) is 4.73. The molecule has 0 atom stereocenters. The van der Waals surface area contributed by atoms with Crippen molar-refractivity contribution in [2.75, 3.05) is 37.7 Å². The molecule has 1 aliphatic rings. The zero-order chi connectivity index (χ0) is 19.3. The van der Waals surface area contributed by atoms with Crippen LogP contribution in [0.3, 0.4) is 0 Å². The third-order valence-electron chi connectivity index (χ3n) is 4.63. The van der Waals surface area contributed by atoms with Crippen LogP contribution in [-0.4, -0.2) is 68.6 Å². The van der Waals surface area contributed by atoms with Gasteiger partial charge >= 0.3 is 0 Å². The number of piperazine rings is 1. The topological polar surface area (TPSA) is 89.3 Å². The van der Waals surface area contributed by atoms with Crippen LogP contribution in [0.2, 0.25) is 0 Å². The van der Waals surface area contributed by atoms with Gasteiger partial charge in [-0.05, 0) is 31.2 Å². The van der Waals surface area contributed by atoms with Crippen LogP contribution >= 0.6 is 0 Å². The molecule has 9 nitrogen and oxygen atoms in total. The molecule has 144 valence electrons. The van der Waals surface area contributed by atoms with Gasteiger partial charge in [-0.25, -0.2) is 9.67 Å². The van der Waals surface area contributed by atoms with E-state index in [-0.39, 0.29) is 12.5 Å². The van der Waals surface area contributed by atoms with E-state index in [1.54, 1.807) is 11.0 Å². The molecule has 1 amide bonds. The molecule has 0 aliphatic carbocycles. The number of carbonyl (C=O) groups excluding carboxylic acids is 1. The zero-order valence-corrected chi connectivity index (χ0v) is 15.6. The van der Waals surface area contributed by atoms with Gasteiger partial charge < -0.3 is 14.5 Å². The van der Waals surface area contributed by atoms with Crippen LogP contribution in [0, 0.1) is 6.92 Å². The third kappa shape index (κ3) is 4.08. The minimum atomic E-state index is -0.00663. The maximum Gasteiger partial charge on any atom is 0.260 e. The lowest BCUT2D eigenvalue weighted by molar-refractivity contribution is -0.133. The van der Waals surface area contributed by atoms with Gasteiger partial charge in [0.15, 0.2) is 18.2 Å². The summed E-state index contributed by atoms with van der Waals surface area (Å²) in [6, 6.07) is 11.4. The highest BCUT2D eigenvalue weighted by atomic mass is 16.5. The highest BCUT2D eigenvalue weighted by Crippen LogP contribution is 2.15. The van der Waals surface area contributed by atoms with Crippen LogP contribution in [0.4, 0.5) is 5.82 Å². The van der Waals surface area contributed by atoms with Gasteiger partial charge in [-0.1, -0.05) is 17.7 Å². The first kappa shape index (κ1) is 17.9. The van der Waals surface area contributed by atoms with Gasteiger partial charge in [0, 0.05) is 26.2 Å². The zero-order valence-electron chi connectivity index (χ0n) is 15.6. The first-order valence-corrected chi connectivity index (χ1v) is 9.10. The van der Waals surface area contributed by atoms with E-state index in [9.17, 15) is 4.79 Å². The van der Waals surface area contributed by atoms with E-state index in [1.165, 1.54) is 6.33 Å². The summed E-state index contributed by atoms with van der Waals surface area (Å²) in [7, 11) is 0. The number of hydrogen-bond acceptors (Lipinski definition) is 7. The molecular formula is C19H21N7O2. The molecule has 9 heteroatoms. The Morgan fingerprint density at radius 3 is 2.36 bits per heavy atom.